The standard InChI is InChI=1S/C8HF17O3S.FH/c9-1(10,3(13,14)5(17,18)7(21,22)23)2(11,12)4(15,16)6(19,20)8(24,25)29(26,27)28;/h(H,26,27,28);1H. The molecule has 0 radical (unpaired) electrons. The molecule has 0 amide bonds. The van der Waals surface area contributed by atoms with Crippen molar-refractivity contribution in [1.82, 2.24) is 0 Å². The Bertz CT molecular complexity index is 733. The van der Waals surface area contributed by atoms with Gasteiger partial charge in [-0.3, -0.25) is 9.26 Å². The van der Waals surface area contributed by atoms with Gasteiger partial charge in [-0.1, -0.05) is 0 Å². The van der Waals surface area contributed by atoms with E-state index in [4.69, 9.17) is 4.55 Å². The largest absolute Gasteiger partial charge is 0.460 e. The van der Waals surface area contributed by atoms with Gasteiger partial charge in [0.15, 0.2) is 0 Å². The molecule has 0 aromatic rings. The monoisotopic (exact) mass is 520 g/mol. The van der Waals surface area contributed by atoms with Gasteiger partial charge in [0.1, 0.15) is 0 Å². The van der Waals surface area contributed by atoms with Gasteiger partial charge in [0.25, 0.3) is 0 Å². The van der Waals surface area contributed by atoms with Gasteiger partial charge in [-0.25, -0.2) is 0 Å². The van der Waals surface area contributed by atoms with E-state index in [9.17, 15) is 83.1 Å². The summed E-state index contributed by atoms with van der Waals surface area (Å²) in [6, 6.07) is 0. The maximum atomic E-state index is 13.0. The molecule has 0 fully saturated rings. The van der Waals surface area contributed by atoms with Crippen molar-refractivity contribution >= 4 is 10.1 Å². The topological polar surface area (TPSA) is 54.4 Å². The lowest BCUT2D eigenvalue weighted by molar-refractivity contribution is -0.458. The van der Waals surface area contributed by atoms with E-state index >= 15 is 0 Å². The molecule has 0 rings (SSSR count). The second kappa shape index (κ2) is 7.08. The van der Waals surface area contributed by atoms with Crippen LogP contribution >= 0.6 is 0 Å². The predicted molar refractivity (Wildman–Crippen MR) is 54.7 cm³/mol. The van der Waals surface area contributed by atoms with Crippen LogP contribution < -0.4 is 0 Å². The van der Waals surface area contributed by atoms with Crippen LogP contribution in [0.1, 0.15) is 0 Å². The molecule has 0 saturated carbocycles. The molecule has 3 nitrogen and oxygen atoms in total. The van der Waals surface area contributed by atoms with Crippen molar-refractivity contribution in [3.8, 4) is 0 Å². The van der Waals surface area contributed by atoms with E-state index in [1.54, 1.807) is 0 Å². The minimum atomic E-state index is -8.89. The molecule has 0 saturated heterocycles. The lowest BCUT2D eigenvalue weighted by Crippen LogP contribution is -2.74. The second-order valence-corrected chi connectivity index (χ2v) is 6.40. The van der Waals surface area contributed by atoms with E-state index in [-0.39, 0.29) is 4.70 Å². The minimum Gasteiger partial charge on any atom is -0.281 e. The number of alkyl halides is 17. The molecule has 0 heterocycles. The molecule has 0 bridgehead atoms. The van der Waals surface area contributed by atoms with Crippen molar-refractivity contribution in [2.45, 2.75) is 47.0 Å². The average Bonchev–Trinajstić information content (AvgIpc) is 2.43. The number of hydrogen-bond acceptors (Lipinski definition) is 2. The van der Waals surface area contributed by atoms with Crippen molar-refractivity contribution in [2.75, 3.05) is 0 Å². The summed E-state index contributed by atoms with van der Waals surface area (Å²) in [6.07, 6.45) is -7.88. The van der Waals surface area contributed by atoms with Crippen molar-refractivity contribution in [3.05, 3.63) is 0 Å². The molecule has 0 unspecified atom stereocenters. The van der Waals surface area contributed by atoms with Gasteiger partial charge < -0.3 is 0 Å². The van der Waals surface area contributed by atoms with E-state index in [1.165, 1.54) is 0 Å². The zero-order valence-electron chi connectivity index (χ0n) is 12.5. The van der Waals surface area contributed by atoms with Crippen LogP contribution in [0.5, 0.6) is 0 Å². The van der Waals surface area contributed by atoms with Crippen LogP contribution in [0, 0.1) is 0 Å². The van der Waals surface area contributed by atoms with E-state index in [2.05, 4.69) is 0 Å². The highest BCUT2D eigenvalue weighted by molar-refractivity contribution is 7.87. The molecule has 30 heavy (non-hydrogen) atoms. The Balaban J connectivity index is 0. The Hall–Kier alpha value is -1.35. The minimum absolute atomic E-state index is 0. The summed E-state index contributed by atoms with van der Waals surface area (Å²) in [5.41, 5.74) is 0. The Morgan fingerprint density at radius 3 is 0.833 bits per heavy atom. The quantitative estimate of drug-likeness (QED) is 0.380. The molecule has 0 atom stereocenters. The highest BCUT2D eigenvalue weighted by Gasteiger charge is 2.96. The lowest BCUT2D eigenvalue weighted by atomic mass is 9.91. The number of hydrogen-bond donors (Lipinski definition) is 1. The fourth-order valence-corrected chi connectivity index (χ4v) is 1.76. The predicted octanol–water partition coefficient (Wildman–Crippen LogP) is 4.99. The van der Waals surface area contributed by atoms with Gasteiger partial charge in [-0.05, 0) is 0 Å². The molecule has 22 heteroatoms. The average molecular weight is 520 g/mol. The first-order valence-corrected chi connectivity index (χ1v) is 7.12. The molecular formula is C8H2F18O3S. The van der Waals surface area contributed by atoms with Gasteiger partial charge in [-0.2, -0.15) is 83.1 Å². The highest BCUT2D eigenvalue weighted by Crippen LogP contribution is 2.64. The Morgan fingerprint density at radius 2 is 0.633 bits per heavy atom. The van der Waals surface area contributed by atoms with Crippen LogP contribution in [0.2, 0.25) is 0 Å². The number of halogens is 18. The zero-order valence-corrected chi connectivity index (χ0v) is 13.3. The van der Waals surface area contributed by atoms with E-state index in [0.717, 1.165) is 0 Å². The van der Waals surface area contributed by atoms with Crippen molar-refractivity contribution < 1.29 is 92.3 Å². The van der Waals surface area contributed by atoms with Crippen molar-refractivity contribution in [2.24, 2.45) is 0 Å². The van der Waals surface area contributed by atoms with Gasteiger partial charge >= 0.3 is 57.1 Å². The van der Waals surface area contributed by atoms with Crippen LogP contribution in [0.3, 0.4) is 0 Å². The third kappa shape index (κ3) is 3.51. The third-order valence-corrected chi connectivity index (χ3v) is 3.92. The van der Waals surface area contributed by atoms with Crippen LogP contribution in [0.25, 0.3) is 0 Å². The Labute approximate surface area is 150 Å². The fourth-order valence-electron chi connectivity index (χ4n) is 1.31. The van der Waals surface area contributed by atoms with E-state index < -0.39 is 57.1 Å². The highest BCUT2D eigenvalue weighted by atomic mass is 32.2. The summed E-state index contributed by atoms with van der Waals surface area (Å²) >= 11 is 0. The normalized spacial score (nSPS) is 16.3. The summed E-state index contributed by atoms with van der Waals surface area (Å²) in [7, 11) is -7.89. The van der Waals surface area contributed by atoms with Crippen LogP contribution in [0.15, 0.2) is 0 Å². The maximum Gasteiger partial charge on any atom is 0.460 e. The van der Waals surface area contributed by atoms with Crippen molar-refractivity contribution in [3.63, 3.8) is 0 Å². The van der Waals surface area contributed by atoms with Crippen LogP contribution in [0.4, 0.5) is 79.3 Å². The molecule has 184 valence electrons. The molecular weight excluding hydrogens is 518 g/mol. The summed E-state index contributed by atoms with van der Waals surface area (Å²) in [6.45, 7) is 0. The second-order valence-electron chi connectivity index (χ2n) is 4.94. The van der Waals surface area contributed by atoms with Crippen LogP contribution in [-0.2, 0) is 10.1 Å². The summed E-state index contributed by atoms with van der Waals surface area (Å²) in [5.74, 6) is -52.0. The molecule has 0 aromatic heterocycles. The van der Waals surface area contributed by atoms with Gasteiger partial charge in [0.05, 0.1) is 0 Å². The third-order valence-electron chi connectivity index (χ3n) is 3.02. The fraction of sp³-hybridized carbons (Fsp3) is 1.00. The Morgan fingerprint density at radius 1 is 0.433 bits per heavy atom. The molecule has 0 aliphatic carbocycles. The number of rotatable bonds is 7. The summed E-state index contributed by atoms with van der Waals surface area (Å²) < 4.78 is 242. The molecule has 1 N–H and O–H groups in total. The first-order chi connectivity index (χ1) is 12.0. The Kier molecular flexibility index (Phi) is 7.28. The van der Waals surface area contributed by atoms with Gasteiger partial charge in [0.2, 0.25) is 0 Å². The van der Waals surface area contributed by atoms with Crippen LogP contribution in [-0.4, -0.2) is 59.9 Å². The maximum absolute atomic E-state index is 13.0. The van der Waals surface area contributed by atoms with E-state index in [1.807, 2.05) is 0 Å². The molecule has 0 spiro atoms. The summed E-state index contributed by atoms with van der Waals surface area (Å²) in [5, 5.41) is -7.84. The first kappa shape index (κ1) is 30.8. The van der Waals surface area contributed by atoms with Crippen molar-refractivity contribution in [1.29, 1.82) is 0 Å². The molecule has 0 aliphatic rings. The first-order valence-electron chi connectivity index (χ1n) is 5.68. The summed E-state index contributed by atoms with van der Waals surface area (Å²) in [4.78, 5) is 0. The van der Waals surface area contributed by atoms with Gasteiger partial charge in [-0.15, -0.1) is 0 Å². The molecule has 0 aromatic carbocycles. The van der Waals surface area contributed by atoms with Gasteiger partial charge in [0, 0.05) is 0 Å². The smallest absolute Gasteiger partial charge is 0.281 e. The SMILES string of the molecule is F.O=S(=O)(O)C(F)(F)C(F)(F)C(F)(F)C(F)(F)C(F)(F)C(F)(F)C(F)(F)C(F)(F)F. The van der Waals surface area contributed by atoms with E-state index in [0.29, 0.717) is 0 Å². The zero-order chi connectivity index (χ0) is 24.5. The lowest BCUT2D eigenvalue weighted by Gasteiger charge is -2.42. The molecule has 0 aliphatic heterocycles.